The Bertz CT molecular complexity index is 2090. The van der Waals surface area contributed by atoms with Gasteiger partial charge in [-0.25, -0.2) is 18.5 Å². The van der Waals surface area contributed by atoms with E-state index >= 15 is 4.39 Å². The number of aromatic nitrogens is 3. The number of halogens is 1. The minimum atomic E-state index is -4.67. The lowest BCUT2D eigenvalue weighted by molar-refractivity contribution is -0.195. The van der Waals surface area contributed by atoms with Crippen molar-refractivity contribution in [2.24, 2.45) is 11.8 Å². The molecule has 18 heteroatoms. The normalized spacial score (nSPS) is 21.1. The number of nitrogens with zero attached hydrogens (tertiary/aromatic N) is 3. The van der Waals surface area contributed by atoms with Gasteiger partial charge in [-0.15, -0.1) is 0 Å². The van der Waals surface area contributed by atoms with Crippen molar-refractivity contribution in [3.63, 3.8) is 0 Å². The Morgan fingerprint density at radius 1 is 0.983 bits per heavy atom. The third-order valence-corrected chi connectivity index (χ3v) is 10.9. The van der Waals surface area contributed by atoms with Crippen molar-refractivity contribution < 1.29 is 56.1 Å². The molecule has 5 atom stereocenters. The molecule has 2 aromatic heterocycles. The van der Waals surface area contributed by atoms with E-state index in [0.717, 1.165) is 5.56 Å². The van der Waals surface area contributed by atoms with Crippen LogP contribution in [0.15, 0.2) is 79.1 Å². The Kier molecular flexibility index (Phi) is 14.0. The minimum Gasteiger partial charge on any atom is -0.461 e. The fourth-order valence-corrected chi connectivity index (χ4v) is 7.47. The number of hydrogen-bond donors (Lipinski definition) is 2. The van der Waals surface area contributed by atoms with Crippen molar-refractivity contribution in [2.45, 2.75) is 84.0 Å². The summed E-state index contributed by atoms with van der Waals surface area (Å²) >= 11 is 0. The smallest absolute Gasteiger partial charge is 0.459 e. The number of anilines is 1. The number of carbonyl (C=O) groups is 3. The quantitative estimate of drug-likeness (QED) is 0.0659. The van der Waals surface area contributed by atoms with Crippen molar-refractivity contribution in [1.82, 2.24) is 19.7 Å². The van der Waals surface area contributed by atoms with Gasteiger partial charge in [0.2, 0.25) is 5.60 Å². The van der Waals surface area contributed by atoms with Crippen LogP contribution >= 0.6 is 7.75 Å². The summed E-state index contributed by atoms with van der Waals surface area (Å²) in [5, 5.41) is 6.88. The fraction of sp³-hybridized carbons (Fsp3) is 0.475. The third kappa shape index (κ3) is 10.2. The number of hydrogen-bond acceptors (Lipinski definition) is 14. The number of benzene rings is 2. The monoisotopic (exact) mass is 827 g/mol. The van der Waals surface area contributed by atoms with Gasteiger partial charge in [-0.05, 0) is 50.6 Å². The fourth-order valence-electron chi connectivity index (χ4n) is 5.92. The highest BCUT2D eigenvalue weighted by Crippen LogP contribution is 2.51. The first-order valence-corrected chi connectivity index (χ1v) is 20.3. The first-order chi connectivity index (χ1) is 27.4. The molecule has 3 N–H and O–H groups in total. The van der Waals surface area contributed by atoms with Crippen molar-refractivity contribution in [2.75, 3.05) is 32.2 Å². The number of ether oxygens (including phenoxy) is 5. The Hall–Kier alpha value is -4.93. The van der Waals surface area contributed by atoms with Gasteiger partial charge in [0, 0.05) is 0 Å². The maximum atomic E-state index is 15.9. The SMILES string of the molecule is CC(C)C(=O)O[C@@H]1[C@@](CF)(COP(=O)(N[C@@H](C)C(=O)OCC(C)(C)OCc2ccccc2)Oc2ccccc2)OC[C@@]1(OC(=O)C(C)C)c1ccc2c(N)ncnn12. The van der Waals surface area contributed by atoms with E-state index in [1.165, 1.54) is 36.0 Å². The van der Waals surface area contributed by atoms with Gasteiger partial charge in [0.25, 0.3) is 0 Å². The molecule has 2 aromatic carbocycles. The standard InChI is InChI=1S/C40H51FN5O11P/c1-26(2)34(47)55-37-39(21-41,53-24-40(37,56-35(48)27(3)4)32-19-18-31-33(42)43-25-44-46(31)32)23-54-58(50,57-30-16-12-9-13-17-30)45-28(5)36(49)51-22-38(6,7)52-20-29-14-10-8-11-15-29/h8-19,25-28,37H,20-24H2,1-7H3,(H,45,50)(H2,42,43,44)/t28-,37+,39+,40+,58?/m0/s1. The molecule has 58 heavy (non-hydrogen) atoms. The van der Waals surface area contributed by atoms with Crippen molar-refractivity contribution >= 4 is 37.0 Å². The Balaban J connectivity index is 1.45. The highest BCUT2D eigenvalue weighted by molar-refractivity contribution is 7.52. The van der Waals surface area contributed by atoms with Gasteiger partial charge in [0.1, 0.15) is 36.9 Å². The van der Waals surface area contributed by atoms with Crippen molar-refractivity contribution in [3.05, 3.63) is 90.4 Å². The molecule has 16 nitrogen and oxygen atoms in total. The minimum absolute atomic E-state index is 0.0795. The number of carbonyl (C=O) groups excluding carboxylic acids is 3. The molecular formula is C40H51FN5O11P. The van der Waals surface area contributed by atoms with Crippen LogP contribution in [0.4, 0.5) is 10.2 Å². The predicted molar refractivity (Wildman–Crippen MR) is 209 cm³/mol. The summed E-state index contributed by atoms with van der Waals surface area (Å²) in [5.41, 5.74) is 2.29. The molecule has 3 heterocycles. The molecule has 1 unspecified atom stereocenters. The first-order valence-electron chi connectivity index (χ1n) is 18.8. The van der Waals surface area contributed by atoms with Gasteiger partial charge in [-0.1, -0.05) is 76.2 Å². The van der Waals surface area contributed by atoms with Gasteiger partial charge in [0.05, 0.1) is 43.0 Å². The lowest BCUT2D eigenvalue weighted by atomic mass is 9.85. The highest BCUT2D eigenvalue weighted by atomic mass is 31.2. The van der Waals surface area contributed by atoms with E-state index in [0.29, 0.717) is 5.52 Å². The largest absolute Gasteiger partial charge is 0.461 e. The van der Waals surface area contributed by atoms with Crippen LogP contribution in [0.3, 0.4) is 0 Å². The number of nitrogens with two attached hydrogens (primary N) is 1. The summed E-state index contributed by atoms with van der Waals surface area (Å²) in [6.07, 6.45) is -0.587. The molecule has 1 aliphatic heterocycles. The van der Waals surface area contributed by atoms with Gasteiger partial charge in [-0.2, -0.15) is 10.2 Å². The number of nitrogens with one attached hydrogen (secondary N) is 1. The Morgan fingerprint density at radius 3 is 2.28 bits per heavy atom. The van der Waals surface area contributed by atoms with E-state index in [1.54, 1.807) is 65.8 Å². The van der Waals surface area contributed by atoms with E-state index in [9.17, 15) is 18.9 Å². The molecule has 0 spiro atoms. The summed E-state index contributed by atoms with van der Waals surface area (Å²) < 4.78 is 73.5. The zero-order valence-electron chi connectivity index (χ0n) is 33.6. The van der Waals surface area contributed by atoms with Crippen LogP contribution in [0.1, 0.15) is 59.7 Å². The zero-order valence-corrected chi connectivity index (χ0v) is 34.5. The summed E-state index contributed by atoms with van der Waals surface area (Å²) in [7, 11) is -4.67. The number of nitrogen functional groups attached to an aromatic ring is 1. The van der Waals surface area contributed by atoms with E-state index < -0.39 is 86.3 Å². The van der Waals surface area contributed by atoms with Gasteiger partial charge >= 0.3 is 25.7 Å². The van der Waals surface area contributed by atoms with E-state index in [1.807, 2.05) is 30.3 Å². The van der Waals surface area contributed by atoms with Crippen LogP contribution in [0.25, 0.3) is 5.52 Å². The van der Waals surface area contributed by atoms with Crippen LogP contribution in [0.5, 0.6) is 5.75 Å². The lowest BCUT2D eigenvalue weighted by Crippen LogP contribution is -2.57. The van der Waals surface area contributed by atoms with Gasteiger partial charge in [-0.3, -0.25) is 18.9 Å². The molecule has 1 aliphatic rings. The second-order valence-corrected chi connectivity index (χ2v) is 16.9. The number of para-hydroxylation sites is 1. The average Bonchev–Trinajstić information content (AvgIpc) is 3.77. The molecule has 314 valence electrons. The molecule has 0 aliphatic carbocycles. The zero-order chi connectivity index (χ0) is 42.3. The van der Waals surface area contributed by atoms with Crippen molar-refractivity contribution in [3.8, 4) is 5.75 Å². The van der Waals surface area contributed by atoms with Crippen LogP contribution in [-0.4, -0.2) is 82.3 Å². The first kappa shape index (κ1) is 44.2. The molecule has 1 saturated heterocycles. The molecule has 0 amide bonds. The molecule has 1 fully saturated rings. The molecule has 0 bridgehead atoms. The molecule has 5 rings (SSSR count). The number of alkyl halides is 1. The Labute approximate surface area is 336 Å². The van der Waals surface area contributed by atoms with Crippen LogP contribution in [-0.2, 0) is 59.4 Å². The predicted octanol–water partition coefficient (Wildman–Crippen LogP) is 5.73. The maximum Gasteiger partial charge on any atom is 0.459 e. The van der Waals surface area contributed by atoms with E-state index in [-0.39, 0.29) is 30.5 Å². The van der Waals surface area contributed by atoms with E-state index in [4.69, 9.17) is 38.5 Å². The topological polar surface area (TPSA) is 201 Å². The second-order valence-electron chi connectivity index (χ2n) is 15.3. The lowest BCUT2D eigenvalue weighted by Gasteiger charge is -2.39. The highest BCUT2D eigenvalue weighted by Gasteiger charge is 2.67. The van der Waals surface area contributed by atoms with Gasteiger partial charge in [0.15, 0.2) is 17.5 Å². The van der Waals surface area contributed by atoms with E-state index in [2.05, 4.69) is 15.2 Å². The molecule has 0 saturated carbocycles. The van der Waals surface area contributed by atoms with Crippen LogP contribution < -0.4 is 15.3 Å². The van der Waals surface area contributed by atoms with Crippen molar-refractivity contribution in [1.29, 1.82) is 0 Å². The number of rotatable bonds is 19. The number of esters is 3. The second kappa shape index (κ2) is 18.3. The third-order valence-electron chi connectivity index (χ3n) is 9.26. The number of fused-ring (bicyclic) bond motifs is 1. The van der Waals surface area contributed by atoms with Crippen LogP contribution in [0, 0.1) is 11.8 Å². The summed E-state index contributed by atoms with van der Waals surface area (Å²) in [6.45, 7) is 8.48. The maximum absolute atomic E-state index is 15.9. The summed E-state index contributed by atoms with van der Waals surface area (Å²) in [5.74, 6) is -3.59. The Morgan fingerprint density at radius 2 is 1.64 bits per heavy atom. The summed E-state index contributed by atoms with van der Waals surface area (Å²) in [4.78, 5) is 44.2. The summed E-state index contributed by atoms with van der Waals surface area (Å²) in [6, 6.07) is 19.2. The average molecular weight is 828 g/mol. The molecule has 0 radical (unpaired) electrons. The van der Waals surface area contributed by atoms with Crippen LogP contribution in [0.2, 0.25) is 0 Å². The van der Waals surface area contributed by atoms with Gasteiger partial charge < -0.3 is 33.9 Å². The molecule has 4 aromatic rings. The molecular weight excluding hydrogens is 776 g/mol.